The molecule has 0 radical (unpaired) electrons. The third-order valence-corrected chi connectivity index (χ3v) is 8.46. The van der Waals surface area contributed by atoms with Crippen LogP contribution in [0, 0.1) is 0 Å². The molecule has 3 aliphatic rings. The molecule has 2 N–H and O–H groups in total. The smallest absolute Gasteiger partial charge is 0.317 e. The van der Waals surface area contributed by atoms with Gasteiger partial charge in [0, 0.05) is 84.9 Å². The number of aliphatic carboxylic acids is 2. The van der Waals surface area contributed by atoms with Gasteiger partial charge in [-0.05, 0) is 35.4 Å². The molecule has 0 atom stereocenters. The van der Waals surface area contributed by atoms with E-state index in [-0.39, 0.29) is 32.6 Å². The molecule has 3 aromatic heterocycles. The maximum Gasteiger partial charge on any atom is 0.317 e. The standard InChI is InChI=1S/C33H39N9O4.Zn/c43-32(44)23-40-13-9-38-10-14-41(24-33(45)46)16-12-39(11-15-40)21-28-17-26(25-5-2-1-3-6-25)18-29(35-28)22-42-31(19-34-37-42)30-8-4-7-27(20-38)36-30;/h1-8,17-19H,9-16,20-24H2,(H,43,44)(H,45,46);. The van der Waals surface area contributed by atoms with Crippen LogP contribution in [0.4, 0.5) is 0 Å². The molecule has 4 aromatic rings. The van der Waals surface area contributed by atoms with Gasteiger partial charge in [0.25, 0.3) is 0 Å². The molecule has 1 saturated heterocycles. The number of carboxylic acid groups (broad SMARTS) is 2. The van der Waals surface area contributed by atoms with Crippen LogP contribution < -0.4 is 0 Å². The van der Waals surface area contributed by atoms with Gasteiger partial charge in [-0.2, -0.15) is 0 Å². The van der Waals surface area contributed by atoms with Crippen molar-refractivity contribution in [2.24, 2.45) is 0 Å². The van der Waals surface area contributed by atoms with Gasteiger partial charge in [0.2, 0.25) is 0 Å². The second kappa shape index (κ2) is 16.3. The number of rotatable bonds is 5. The normalized spacial score (nSPS) is 19.6. The molecule has 6 bridgehead atoms. The fourth-order valence-corrected chi connectivity index (χ4v) is 6.10. The predicted molar refractivity (Wildman–Crippen MR) is 171 cm³/mol. The van der Waals surface area contributed by atoms with Crippen LogP contribution in [0.3, 0.4) is 0 Å². The Morgan fingerprint density at radius 1 is 0.638 bits per heavy atom. The third-order valence-electron chi connectivity index (χ3n) is 8.46. The van der Waals surface area contributed by atoms with Gasteiger partial charge in [-0.3, -0.25) is 34.2 Å². The maximum absolute atomic E-state index is 11.8. The number of pyridine rings is 2. The van der Waals surface area contributed by atoms with Crippen LogP contribution in [0.1, 0.15) is 17.1 Å². The molecule has 13 nitrogen and oxygen atoms in total. The quantitative estimate of drug-likeness (QED) is 0.295. The summed E-state index contributed by atoms with van der Waals surface area (Å²) in [5.74, 6) is -1.72. The fraction of sp³-hybridized carbons (Fsp3) is 0.394. The van der Waals surface area contributed by atoms with E-state index in [2.05, 4.69) is 44.4 Å². The van der Waals surface area contributed by atoms with Crippen LogP contribution >= 0.6 is 0 Å². The minimum Gasteiger partial charge on any atom is -0.480 e. The first-order valence-corrected chi connectivity index (χ1v) is 15.6. The fourth-order valence-electron chi connectivity index (χ4n) is 6.10. The summed E-state index contributed by atoms with van der Waals surface area (Å²) < 4.78 is 1.84. The van der Waals surface area contributed by atoms with Gasteiger partial charge in [-0.25, -0.2) is 9.67 Å². The minimum atomic E-state index is -0.860. The first kappa shape index (κ1) is 34.4. The Hall–Kier alpha value is -3.94. The first-order valence-electron chi connectivity index (χ1n) is 15.6. The molecule has 0 spiro atoms. The van der Waals surface area contributed by atoms with E-state index in [4.69, 9.17) is 9.97 Å². The van der Waals surface area contributed by atoms with E-state index in [1.54, 1.807) is 6.20 Å². The van der Waals surface area contributed by atoms with Gasteiger partial charge < -0.3 is 10.2 Å². The van der Waals surface area contributed by atoms with Crippen LogP contribution in [-0.2, 0) is 48.7 Å². The summed E-state index contributed by atoms with van der Waals surface area (Å²) in [5.41, 5.74) is 6.18. The maximum atomic E-state index is 11.8. The Morgan fingerprint density at radius 2 is 1.21 bits per heavy atom. The summed E-state index contributed by atoms with van der Waals surface area (Å²) in [6, 6.07) is 20.2. The van der Waals surface area contributed by atoms with Crippen molar-refractivity contribution in [2.75, 3.05) is 65.4 Å². The SMILES string of the molecule is O=C(O)CN1CCN2CCN(CC(=O)O)CCN(CC1)Cc1cccc(n1)-c1cnnn1Cc1cc(-c3ccccc3)cc(n1)C2.[Zn]. The molecule has 0 amide bonds. The number of hydrogen-bond acceptors (Lipinski definition) is 10. The van der Waals surface area contributed by atoms with Crippen molar-refractivity contribution in [3.05, 3.63) is 83.9 Å². The minimum absolute atomic E-state index is 0. The molecule has 47 heavy (non-hydrogen) atoms. The van der Waals surface area contributed by atoms with Crippen molar-refractivity contribution in [3.8, 4) is 22.5 Å². The summed E-state index contributed by atoms with van der Waals surface area (Å²) in [6.45, 7) is 6.03. The molecule has 1 aromatic carbocycles. The van der Waals surface area contributed by atoms with E-state index < -0.39 is 11.9 Å². The number of benzene rings is 1. The van der Waals surface area contributed by atoms with Crippen molar-refractivity contribution in [3.63, 3.8) is 0 Å². The summed E-state index contributed by atoms with van der Waals surface area (Å²) in [6.07, 6.45) is 1.72. The monoisotopic (exact) mass is 689 g/mol. The topological polar surface area (TPSA) is 144 Å². The molecule has 6 heterocycles. The largest absolute Gasteiger partial charge is 0.480 e. The van der Waals surface area contributed by atoms with E-state index >= 15 is 0 Å². The number of fused-ring (bicyclic) bond motifs is 8. The summed E-state index contributed by atoms with van der Waals surface area (Å²) in [7, 11) is 0. The molecule has 3 aliphatic heterocycles. The van der Waals surface area contributed by atoms with Crippen molar-refractivity contribution >= 4 is 11.9 Å². The van der Waals surface area contributed by atoms with Gasteiger partial charge >= 0.3 is 11.9 Å². The van der Waals surface area contributed by atoms with E-state index in [1.165, 1.54) is 0 Å². The Kier molecular flexibility index (Phi) is 11.9. The van der Waals surface area contributed by atoms with Crippen molar-refractivity contribution in [1.82, 2.24) is 44.6 Å². The molecule has 0 unspecified atom stereocenters. The van der Waals surface area contributed by atoms with Gasteiger partial charge in [-0.15, -0.1) is 5.10 Å². The third kappa shape index (κ3) is 9.55. The van der Waals surface area contributed by atoms with E-state index in [1.807, 2.05) is 50.9 Å². The number of aromatic nitrogens is 5. The molecule has 0 aliphatic carbocycles. The zero-order chi connectivity index (χ0) is 31.9. The average molecular weight is 691 g/mol. The van der Waals surface area contributed by atoms with Crippen LogP contribution in [-0.4, -0.2) is 132 Å². The molecule has 0 saturated carbocycles. The van der Waals surface area contributed by atoms with Crippen molar-refractivity contribution in [1.29, 1.82) is 0 Å². The second-order valence-corrected chi connectivity index (χ2v) is 11.9. The van der Waals surface area contributed by atoms with Gasteiger partial charge in [0.05, 0.1) is 48.6 Å². The summed E-state index contributed by atoms with van der Waals surface area (Å²) >= 11 is 0. The van der Waals surface area contributed by atoms with Crippen molar-refractivity contribution in [2.45, 2.75) is 19.6 Å². The molecule has 1 fully saturated rings. The average Bonchev–Trinajstić information content (AvgIpc) is 3.50. The summed E-state index contributed by atoms with van der Waals surface area (Å²) in [5, 5.41) is 28.0. The van der Waals surface area contributed by atoms with Crippen LogP contribution in [0.25, 0.3) is 22.5 Å². The number of carbonyl (C=O) groups is 2. The predicted octanol–water partition coefficient (Wildman–Crippen LogP) is 1.85. The number of hydrogen-bond donors (Lipinski definition) is 2. The van der Waals surface area contributed by atoms with Crippen LogP contribution in [0.2, 0.25) is 0 Å². The Bertz CT molecular complexity index is 1620. The van der Waals surface area contributed by atoms with Gasteiger partial charge in [-0.1, -0.05) is 41.6 Å². The van der Waals surface area contributed by atoms with Crippen LogP contribution in [0.15, 0.2) is 66.9 Å². The van der Waals surface area contributed by atoms with E-state index in [9.17, 15) is 19.8 Å². The Labute approximate surface area is 286 Å². The molecular formula is C33H39N9O4Zn. The van der Waals surface area contributed by atoms with E-state index in [0.717, 1.165) is 39.6 Å². The second-order valence-electron chi connectivity index (χ2n) is 11.9. The molecule has 14 heteroatoms. The van der Waals surface area contributed by atoms with Gasteiger partial charge in [0.1, 0.15) is 5.69 Å². The Morgan fingerprint density at radius 3 is 1.81 bits per heavy atom. The van der Waals surface area contributed by atoms with E-state index in [0.29, 0.717) is 72.0 Å². The summed E-state index contributed by atoms with van der Waals surface area (Å²) in [4.78, 5) is 42.2. The zero-order valence-corrected chi connectivity index (χ0v) is 29.5. The molecule has 242 valence electrons. The molecule has 7 rings (SSSR count). The number of nitrogens with zero attached hydrogens (tertiary/aromatic N) is 9. The van der Waals surface area contributed by atoms with Crippen LogP contribution in [0.5, 0.6) is 0 Å². The zero-order valence-electron chi connectivity index (χ0n) is 26.5. The van der Waals surface area contributed by atoms with Crippen molar-refractivity contribution < 1.29 is 39.3 Å². The first-order chi connectivity index (χ1) is 22.4. The van der Waals surface area contributed by atoms with Gasteiger partial charge in [0.15, 0.2) is 0 Å². The molecular weight excluding hydrogens is 652 g/mol. The Balaban J connectivity index is 0.00000433. The number of carboxylic acids is 2.